The lowest BCUT2D eigenvalue weighted by Gasteiger charge is -2.13. The summed E-state index contributed by atoms with van der Waals surface area (Å²) in [5, 5.41) is 11.5. The van der Waals surface area contributed by atoms with Gasteiger partial charge in [0.2, 0.25) is 0 Å². The van der Waals surface area contributed by atoms with Gasteiger partial charge in [-0.25, -0.2) is 0 Å². The SMILES string of the molecule is FC(F)(F)COc1cnn2cnnc2c1-c1ccccc1. The third kappa shape index (κ3) is 2.78. The summed E-state index contributed by atoms with van der Waals surface area (Å²) in [6.45, 7) is -1.39. The van der Waals surface area contributed by atoms with Crippen molar-refractivity contribution >= 4 is 5.65 Å². The van der Waals surface area contributed by atoms with E-state index in [1.807, 2.05) is 6.07 Å². The number of aromatic nitrogens is 4. The summed E-state index contributed by atoms with van der Waals surface area (Å²) in [5.74, 6) is 0.0130. The zero-order valence-electron chi connectivity index (χ0n) is 10.6. The summed E-state index contributed by atoms with van der Waals surface area (Å²) in [5.41, 5.74) is 1.43. The number of ether oxygens (including phenoxy) is 1. The highest BCUT2D eigenvalue weighted by molar-refractivity contribution is 5.82. The lowest BCUT2D eigenvalue weighted by Crippen LogP contribution is -2.19. The zero-order chi connectivity index (χ0) is 14.9. The summed E-state index contributed by atoms with van der Waals surface area (Å²) >= 11 is 0. The number of nitrogens with zero attached hydrogens (tertiary/aromatic N) is 4. The van der Waals surface area contributed by atoms with Crippen LogP contribution in [0.3, 0.4) is 0 Å². The Labute approximate surface area is 117 Å². The molecular formula is C13H9F3N4O. The molecular weight excluding hydrogens is 285 g/mol. The second-order valence-corrected chi connectivity index (χ2v) is 4.25. The minimum Gasteiger partial charge on any atom is -0.482 e. The molecule has 0 atom stereocenters. The van der Waals surface area contributed by atoms with Crippen molar-refractivity contribution in [3.8, 4) is 16.9 Å². The Bertz CT molecular complexity index is 755. The van der Waals surface area contributed by atoms with Crippen molar-refractivity contribution in [3.05, 3.63) is 42.9 Å². The van der Waals surface area contributed by atoms with E-state index in [1.54, 1.807) is 24.3 Å². The minimum absolute atomic E-state index is 0.0130. The highest BCUT2D eigenvalue weighted by Crippen LogP contribution is 2.33. The topological polar surface area (TPSA) is 52.3 Å². The van der Waals surface area contributed by atoms with E-state index < -0.39 is 12.8 Å². The predicted octanol–water partition coefficient (Wildman–Crippen LogP) is 2.73. The van der Waals surface area contributed by atoms with Gasteiger partial charge >= 0.3 is 6.18 Å². The van der Waals surface area contributed by atoms with Crippen molar-refractivity contribution < 1.29 is 17.9 Å². The fraction of sp³-hybridized carbons (Fsp3) is 0.154. The smallest absolute Gasteiger partial charge is 0.422 e. The first-order chi connectivity index (χ1) is 10.0. The molecule has 0 fully saturated rings. The van der Waals surface area contributed by atoms with E-state index >= 15 is 0 Å². The predicted molar refractivity (Wildman–Crippen MR) is 67.8 cm³/mol. The lowest BCUT2D eigenvalue weighted by atomic mass is 10.1. The Morgan fingerprint density at radius 1 is 1.14 bits per heavy atom. The molecule has 8 heteroatoms. The molecule has 0 aliphatic heterocycles. The number of rotatable bonds is 3. The van der Waals surface area contributed by atoms with Crippen molar-refractivity contribution in [3.63, 3.8) is 0 Å². The Kier molecular flexibility index (Phi) is 3.20. The van der Waals surface area contributed by atoms with Gasteiger partial charge in [-0.2, -0.15) is 22.8 Å². The zero-order valence-corrected chi connectivity index (χ0v) is 10.6. The number of fused-ring (bicyclic) bond motifs is 1. The molecule has 2 heterocycles. The number of alkyl halides is 3. The standard InChI is InChI=1S/C13H9F3N4O/c14-13(15,16)7-21-10-6-18-20-8-17-19-12(20)11(10)9-4-2-1-3-5-9/h1-6,8H,7H2. The Morgan fingerprint density at radius 2 is 1.90 bits per heavy atom. The molecule has 0 saturated carbocycles. The minimum atomic E-state index is -4.42. The first-order valence-electron chi connectivity index (χ1n) is 5.98. The first kappa shape index (κ1) is 13.3. The van der Waals surface area contributed by atoms with Gasteiger partial charge in [-0.05, 0) is 5.56 Å². The van der Waals surface area contributed by atoms with Crippen LogP contribution in [0.5, 0.6) is 5.75 Å². The average molecular weight is 294 g/mol. The number of hydrogen-bond acceptors (Lipinski definition) is 4. The summed E-state index contributed by atoms with van der Waals surface area (Å²) < 4.78 is 43.3. The van der Waals surface area contributed by atoms with Crippen molar-refractivity contribution in [2.24, 2.45) is 0 Å². The van der Waals surface area contributed by atoms with Crippen LogP contribution >= 0.6 is 0 Å². The second-order valence-electron chi connectivity index (χ2n) is 4.25. The van der Waals surface area contributed by atoms with Crippen LogP contribution < -0.4 is 4.74 Å². The maximum absolute atomic E-state index is 12.4. The molecule has 0 bridgehead atoms. The molecule has 0 unspecified atom stereocenters. The number of halogens is 3. The summed E-state index contributed by atoms with van der Waals surface area (Å²) in [6, 6.07) is 8.86. The maximum atomic E-state index is 12.4. The van der Waals surface area contributed by atoms with Gasteiger partial charge in [0.05, 0.1) is 11.8 Å². The summed E-state index contributed by atoms with van der Waals surface area (Å²) in [6.07, 6.45) is -1.83. The lowest BCUT2D eigenvalue weighted by molar-refractivity contribution is -0.153. The number of benzene rings is 1. The highest BCUT2D eigenvalue weighted by atomic mass is 19.4. The molecule has 0 aliphatic rings. The molecule has 21 heavy (non-hydrogen) atoms. The van der Waals surface area contributed by atoms with Gasteiger partial charge in [-0.3, -0.25) is 0 Å². The molecule has 0 spiro atoms. The molecule has 0 aliphatic carbocycles. The summed E-state index contributed by atoms with van der Waals surface area (Å²) in [4.78, 5) is 0. The molecule has 2 aromatic heterocycles. The largest absolute Gasteiger partial charge is 0.482 e. The maximum Gasteiger partial charge on any atom is 0.422 e. The normalized spacial score (nSPS) is 11.8. The Hall–Kier alpha value is -2.64. The van der Waals surface area contributed by atoms with Crippen LogP contribution in [0.15, 0.2) is 42.9 Å². The van der Waals surface area contributed by atoms with E-state index in [1.165, 1.54) is 17.0 Å². The van der Waals surface area contributed by atoms with E-state index in [0.717, 1.165) is 0 Å². The average Bonchev–Trinajstić information content (AvgIpc) is 2.93. The van der Waals surface area contributed by atoms with Crippen LogP contribution in [-0.2, 0) is 0 Å². The highest BCUT2D eigenvalue weighted by Gasteiger charge is 2.29. The fourth-order valence-electron chi connectivity index (χ4n) is 1.91. The van der Waals surface area contributed by atoms with E-state index in [4.69, 9.17) is 4.74 Å². The van der Waals surface area contributed by atoms with Crippen molar-refractivity contribution in [2.75, 3.05) is 6.61 Å². The van der Waals surface area contributed by atoms with Crippen LogP contribution in [0.4, 0.5) is 13.2 Å². The van der Waals surface area contributed by atoms with Crippen molar-refractivity contribution in [2.45, 2.75) is 6.18 Å². The Balaban J connectivity index is 2.11. The van der Waals surface area contributed by atoms with Crippen molar-refractivity contribution in [1.29, 1.82) is 0 Å². The van der Waals surface area contributed by atoms with Gasteiger partial charge in [0.25, 0.3) is 0 Å². The van der Waals surface area contributed by atoms with E-state index in [9.17, 15) is 13.2 Å². The van der Waals surface area contributed by atoms with Gasteiger partial charge in [0.15, 0.2) is 18.0 Å². The van der Waals surface area contributed by atoms with Crippen molar-refractivity contribution in [1.82, 2.24) is 19.8 Å². The fourth-order valence-corrected chi connectivity index (χ4v) is 1.91. The van der Waals surface area contributed by atoms with Crippen LogP contribution in [-0.4, -0.2) is 32.6 Å². The molecule has 1 aromatic carbocycles. The molecule has 0 N–H and O–H groups in total. The van der Waals surface area contributed by atoms with Gasteiger partial charge < -0.3 is 4.74 Å². The quantitative estimate of drug-likeness (QED) is 0.745. The van der Waals surface area contributed by atoms with E-state index in [2.05, 4.69) is 15.3 Å². The van der Waals surface area contributed by atoms with Gasteiger partial charge in [0, 0.05) is 0 Å². The van der Waals surface area contributed by atoms with Gasteiger partial charge in [-0.15, -0.1) is 10.2 Å². The molecule has 0 radical (unpaired) electrons. The number of hydrogen-bond donors (Lipinski definition) is 0. The molecule has 3 aromatic rings. The van der Waals surface area contributed by atoms with Crippen LogP contribution in [0.2, 0.25) is 0 Å². The molecule has 3 rings (SSSR count). The van der Waals surface area contributed by atoms with Gasteiger partial charge in [0.1, 0.15) is 6.33 Å². The van der Waals surface area contributed by atoms with Crippen LogP contribution in [0, 0.1) is 0 Å². The van der Waals surface area contributed by atoms with E-state index in [0.29, 0.717) is 16.8 Å². The monoisotopic (exact) mass is 294 g/mol. The third-order valence-corrected chi connectivity index (χ3v) is 2.75. The van der Waals surface area contributed by atoms with Crippen LogP contribution in [0.1, 0.15) is 0 Å². The molecule has 0 amide bonds. The Morgan fingerprint density at radius 3 is 2.62 bits per heavy atom. The summed E-state index contributed by atoms with van der Waals surface area (Å²) in [7, 11) is 0. The van der Waals surface area contributed by atoms with E-state index in [-0.39, 0.29) is 5.75 Å². The first-order valence-corrected chi connectivity index (χ1v) is 5.98. The second kappa shape index (κ2) is 5.04. The molecule has 108 valence electrons. The molecule has 0 saturated heterocycles. The van der Waals surface area contributed by atoms with Gasteiger partial charge in [-0.1, -0.05) is 30.3 Å². The molecule has 5 nitrogen and oxygen atoms in total. The van der Waals surface area contributed by atoms with Crippen LogP contribution in [0.25, 0.3) is 16.8 Å². The third-order valence-electron chi connectivity index (χ3n) is 2.75.